The molecular formula is C14H19ClN2O2. The SMILES string of the molecule is CN(C)c1ccc(NC(=O)C2CCCC2O)cc1Cl. The largest absolute Gasteiger partial charge is 0.392 e. The average molecular weight is 283 g/mol. The lowest BCUT2D eigenvalue weighted by molar-refractivity contribution is -0.122. The van der Waals surface area contributed by atoms with Crippen molar-refractivity contribution in [2.45, 2.75) is 25.4 Å². The van der Waals surface area contributed by atoms with E-state index >= 15 is 0 Å². The van der Waals surface area contributed by atoms with Gasteiger partial charge in [-0.2, -0.15) is 0 Å². The second kappa shape index (κ2) is 5.80. The smallest absolute Gasteiger partial charge is 0.230 e. The van der Waals surface area contributed by atoms with E-state index in [0.29, 0.717) is 17.1 Å². The highest BCUT2D eigenvalue weighted by Crippen LogP contribution is 2.30. The van der Waals surface area contributed by atoms with Crippen LogP contribution in [0.3, 0.4) is 0 Å². The molecule has 2 rings (SSSR count). The normalized spacial score (nSPS) is 22.3. The third-order valence-corrected chi connectivity index (χ3v) is 3.82. The molecule has 1 amide bonds. The van der Waals surface area contributed by atoms with Crippen LogP contribution in [0, 0.1) is 5.92 Å². The summed E-state index contributed by atoms with van der Waals surface area (Å²) in [5.41, 5.74) is 1.57. The molecule has 0 saturated heterocycles. The van der Waals surface area contributed by atoms with Crippen molar-refractivity contribution in [3.8, 4) is 0 Å². The number of nitrogens with zero attached hydrogens (tertiary/aromatic N) is 1. The van der Waals surface area contributed by atoms with Crippen molar-refractivity contribution in [3.63, 3.8) is 0 Å². The number of halogens is 1. The van der Waals surface area contributed by atoms with Crippen LogP contribution in [0.25, 0.3) is 0 Å². The van der Waals surface area contributed by atoms with Crippen LogP contribution in [0.5, 0.6) is 0 Å². The molecule has 0 aromatic heterocycles. The van der Waals surface area contributed by atoms with Gasteiger partial charge < -0.3 is 15.3 Å². The van der Waals surface area contributed by atoms with Crippen LogP contribution in [0.15, 0.2) is 18.2 Å². The van der Waals surface area contributed by atoms with Crippen molar-refractivity contribution in [1.82, 2.24) is 0 Å². The lowest BCUT2D eigenvalue weighted by Gasteiger charge is -2.17. The van der Waals surface area contributed by atoms with Gasteiger partial charge >= 0.3 is 0 Å². The maximum Gasteiger partial charge on any atom is 0.230 e. The molecule has 2 atom stereocenters. The average Bonchev–Trinajstić information content (AvgIpc) is 2.75. The Bertz CT molecular complexity index is 477. The number of amides is 1. The van der Waals surface area contributed by atoms with Gasteiger partial charge in [0, 0.05) is 19.8 Å². The predicted octanol–water partition coefficient (Wildman–Crippen LogP) is 2.51. The number of benzene rings is 1. The van der Waals surface area contributed by atoms with Gasteiger partial charge in [0.15, 0.2) is 0 Å². The zero-order valence-corrected chi connectivity index (χ0v) is 11.9. The van der Waals surface area contributed by atoms with E-state index < -0.39 is 6.10 Å². The second-order valence-corrected chi connectivity index (χ2v) is 5.56. The highest BCUT2D eigenvalue weighted by Gasteiger charge is 2.31. The van der Waals surface area contributed by atoms with Crippen molar-refractivity contribution < 1.29 is 9.90 Å². The molecule has 0 bridgehead atoms. The topological polar surface area (TPSA) is 52.6 Å². The lowest BCUT2D eigenvalue weighted by atomic mass is 10.1. The van der Waals surface area contributed by atoms with Gasteiger partial charge in [-0.1, -0.05) is 11.6 Å². The van der Waals surface area contributed by atoms with Crippen LogP contribution in [0.4, 0.5) is 11.4 Å². The van der Waals surface area contributed by atoms with E-state index in [-0.39, 0.29) is 11.8 Å². The van der Waals surface area contributed by atoms with Gasteiger partial charge in [-0.3, -0.25) is 4.79 Å². The van der Waals surface area contributed by atoms with Crippen LogP contribution in [-0.2, 0) is 4.79 Å². The van der Waals surface area contributed by atoms with Gasteiger partial charge in [-0.15, -0.1) is 0 Å². The molecule has 0 spiro atoms. The summed E-state index contributed by atoms with van der Waals surface area (Å²) in [6, 6.07) is 5.42. The minimum Gasteiger partial charge on any atom is -0.392 e. The number of carbonyl (C=O) groups excluding carboxylic acids is 1. The van der Waals surface area contributed by atoms with Gasteiger partial charge in [-0.05, 0) is 37.5 Å². The van der Waals surface area contributed by atoms with Crippen molar-refractivity contribution in [1.29, 1.82) is 0 Å². The fourth-order valence-electron chi connectivity index (χ4n) is 2.43. The molecule has 0 heterocycles. The van der Waals surface area contributed by atoms with Crippen LogP contribution in [0.1, 0.15) is 19.3 Å². The van der Waals surface area contributed by atoms with Crippen LogP contribution in [-0.4, -0.2) is 31.2 Å². The number of aliphatic hydroxyl groups excluding tert-OH is 1. The first-order valence-corrected chi connectivity index (χ1v) is 6.82. The molecule has 1 fully saturated rings. The highest BCUT2D eigenvalue weighted by atomic mass is 35.5. The number of anilines is 2. The van der Waals surface area contributed by atoms with E-state index in [1.807, 2.05) is 31.1 Å². The van der Waals surface area contributed by atoms with Gasteiger partial charge in [0.1, 0.15) is 0 Å². The molecule has 19 heavy (non-hydrogen) atoms. The summed E-state index contributed by atoms with van der Waals surface area (Å²) < 4.78 is 0. The second-order valence-electron chi connectivity index (χ2n) is 5.15. The molecular weight excluding hydrogens is 264 g/mol. The third kappa shape index (κ3) is 3.19. The molecule has 1 aromatic carbocycles. The van der Waals surface area contributed by atoms with E-state index in [1.165, 1.54) is 0 Å². The highest BCUT2D eigenvalue weighted by molar-refractivity contribution is 6.33. The summed E-state index contributed by atoms with van der Waals surface area (Å²) in [5, 5.41) is 13.1. The lowest BCUT2D eigenvalue weighted by Crippen LogP contribution is -2.28. The molecule has 4 nitrogen and oxygen atoms in total. The quantitative estimate of drug-likeness (QED) is 0.896. The summed E-state index contributed by atoms with van der Waals surface area (Å²) in [6.45, 7) is 0. The molecule has 1 aliphatic rings. The van der Waals surface area contributed by atoms with Crippen LogP contribution in [0.2, 0.25) is 5.02 Å². The van der Waals surface area contributed by atoms with Gasteiger partial charge in [0.25, 0.3) is 0 Å². The fraction of sp³-hybridized carbons (Fsp3) is 0.500. The van der Waals surface area contributed by atoms with Crippen molar-refractivity contribution in [2.75, 3.05) is 24.3 Å². The van der Waals surface area contributed by atoms with Gasteiger partial charge in [-0.25, -0.2) is 0 Å². The van der Waals surface area contributed by atoms with E-state index in [2.05, 4.69) is 5.32 Å². The molecule has 2 unspecified atom stereocenters. The number of aliphatic hydroxyl groups is 1. The molecule has 0 radical (unpaired) electrons. The zero-order valence-electron chi connectivity index (χ0n) is 11.2. The Morgan fingerprint density at radius 2 is 2.16 bits per heavy atom. The number of hydrogen-bond acceptors (Lipinski definition) is 3. The molecule has 5 heteroatoms. The van der Waals surface area contributed by atoms with Crippen molar-refractivity contribution in [3.05, 3.63) is 23.2 Å². The first-order chi connectivity index (χ1) is 8.99. The van der Waals surface area contributed by atoms with Crippen molar-refractivity contribution in [2.24, 2.45) is 5.92 Å². The third-order valence-electron chi connectivity index (χ3n) is 3.51. The summed E-state index contributed by atoms with van der Waals surface area (Å²) in [6.07, 6.45) is 1.84. The number of rotatable bonds is 3. The maximum atomic E-state index is 12.0. The van der Waals surface area contributed by atoms with Crippen molar-refractivity contribution >= 4 is 28.9 Å². The van der Waals surface area contributed by atoms with E-state index in [9.17, 15) is 9.90 Å². The Kier molecular flexibility index (Phi) is 4.32. The number of nitrogens with one attached hydrogen (secondary N) is 1. The van der Waals surface area contributed by atoms with Crippen LogP contribution >= 0.6 is 11.6 Å². The Morgan fingerprint density at radius 1 is 1.42 bits per heavy atom. The van der Waals surface area contributed by atoms with E-state index in [0.717, 1.165) is 18.5 Å². The summed E-state index contributed by atoms with van der Waals surface area (Å²) >= 11 is 6.15. The molecule has 1 aromatic rings. The molecule has 1 saturated carbocycles. The fourth-order valence-corrected chi connectivity index (χ4v) is 2.78. The van der Waals surface area contributed by atoms with E-state index in [1.54, 1.807) is 6.07 Å². The first kappa shape index (κ1) is 14.2. The molecule has 0 aliphatic heterocycles. The summed E-state index contributed by atoms with van der Waals surface area (Å²) in [4.78, 5) is 13.9. The summed E-state index contributed by atoms with van der Waals surface area (Å²) in [5.74, 6) is -0.425. The van der Waals surface area contributed by atoms with Crippen LogP contribution < -0.4 is 10.2 Å². The molecule has 1 aliphatic carbocycles. The minimum atomic E-state index is -0.517. The standard InChI is InChI=1S/C14H19ClN2O2/c1-17(2)12-7-6-9(8-11(12)15)16-14(19)10-4-3-5-13(10)18/h6-8,10,13,18H,3-5H2,1-2H3,(H,16,19). The van der Waals surface area contributed by atoms with Gasteiger partial charge in [0.05, 0.1) is 22.7 Å². The number of carbonyl (C=O) groups is 1. The Labute approximate surface area is 118 Å². The van der Waals surface area contributed by atoms with E-state index in [4.69, 9.17) is 11.6 Å². The molecule has 2 N–H and O–H groups in total. The first-order valence-electron chi connectivity index (χ1n) is 6.45. The van der Waals surface area contributed by atoms with Gasteiger partial charge in [0.2, 0.25) is 5.91 Å². The summed E-state index contributed by atoms with van der Waals surface area (Å²) in [7, 11) is 3.82. The Hall–Kier alpha value is -1.26. The molecule has 104 valence electrons. The zero-order chi connectivity index (χ0) is 14.0. The monoisotopic (exact) mass is 282 g/mol. The number of hydrogen-bond donors (Lipinski definition) is 2. The predicted molar refractivity (Wildman–Crippen MR) is 77.8 cm³/mol. The maximum absolute atomic E-state index is 12.0. The Morgan fingerprint density at radius 3 is 2.68 bits per heavy atom. The minimum absolute atomic E-state index is 0.126. The Balaban J connectivity index is 2.07.